The van der Waals surface area contributed by atoms with Crippen LogP contribution in [0.5, 0.6) is 0 Å². The molecule has 1 atom stereocenters. The maximum Gasteiger partial charge on any atom is 0.261 e. The van der Waals surface area contributed by atoms with Crippen LogP contribution in [0.1, 0.15) is 24.4 Å². The maximum atomic E-state index is 12.4. The third-order valence-corrected chi connectivity index (χ3v) is 4.88. The van der Waals surface area contributed by atoms with Crippen LogP contribution >= 0.6 is 0 Å². The number of aliphatic hydroxyl groups excluding tert-OH is 1. The Balaban J connectivity index is 1.92. The van der Waals surface area contributed by atoms with Gasteiger partial charge in [-0.05, 0) is 44.2 Å². The highest BCUT2D eigenvalue weighted by molar-refractivity contribution is 7.92. The smallest absolute Gasteiger partial charge is 0.261 e. The van der Waals surface area contributed by atoms with Gasteiger partial charge in [0.2, 0.25) is 0 Å². The molecule has 1 heterocycles. The van der Waals surface area contributed by atoms with Crippen molar-refractivity contribution < 1.29 is 13.5 Å². The number of benzene rings is 2. The second-order valence-corrected chi connectivity index (χ2v) is 7.13. The number of aromatic amines is 1. The molecule has 3 N–H and O–H groups in total. The minimum absolute atomic E-state index is 0.206. The zero-order chi connectivity index (χ0) is 16.6. The van der Waals surface area contributed by atoms with Crippen molar-refractivity contribution in [3.05, 3.63) is 53.9 Å². The molecule has 6 nitrogen and oxygen atoms in total. The second kappa shape index (κ2) is 5.68. The van der Waals surface area contributed by atoms with Crippen molar-refractivity contribution in [1.82, 2.24) is 9.97 Å². The molecule has 120 valence electrons. The first-order valence-corrected chi connectivity index (χ1v) is 8.61. The summed E-state index contributed by atoms with van der Waals surface area (Å²) >= 11 is 0. The topological polar surface area (TPSA) is 95.1 Å². The maximum absolute atomic E-state index is 12.4. The minimum Gasteiger partial charge on any atom is -0.385 e. The highest BCUT2D eigenvalue weighted by Crippen LogP contribution is 2.22. The van der Waals surface area contributed by atoms with Crippen molar-refractivity contribution in [2.24, 2.45) is 0 Å². The average molecular weight is 331 g/mol. The van der Waals surface area contributed by atoms with Gasteiger partial charge in [-0.2, -0.15) is 0 Å². The number of rotatable bonds is 4. The Morgan fingerprint density at radius 3 is 2.52 bits per heavy atom. The van der Waals surface area contributed by atoms with E-state index < -0.39 is 16.1 Å². The molecule has 0 amide bonds. The summed E-state index contributed by atoms with van der Waals surface area (Å²) in [6.07, 6.45) is -0.713. The van der Waals surface area contributed by atoms with Gasteiger partial charge < -0.3 is 10.1 Å². The van der Waals surface area contributed by atoms with Crippen molar-refractivity contribution in [3.63, 3.8) is 0 Å². The molecule has 0 saturated carbocycles. The largest absolute Gasteiger partial charge is 0.385 e. The number of nitrogens with one attached hydrogen (secondary N) is 2. The van der Waals surface area contributed by atoms with Gasteiger partial charge in [0.15, 0.2) is 0 Å². The zero-order valence-electron chi connectivity index (χ0n) is 12.7. The van der Waals surface area contributed by atoms with E-state index >= 15 is 0 Å². The van der Waals surface area contributed by atoms with E-state index in [0.29, 0.717) is 22.5 Å². The van der Waals surface area contributed by atoms with Crippen LogP contribution in [0, 0.1) is 6.92 Å². The van der Waals surface area contributed by atoms with Crippen LogP contribution in [0.2, 0.25) is 0 Å². The number of sulfonamides is 1. The number of hydrogen-bond acceptors (Lipinski definition) is 4. The lowest BCUT2D eigenvalue weighted by Crippen LogP contribution is -2.12. The number of imidazole rings is 1. The Labute approximate surface area is 134 Å². The molecule has 3 aromatic rings. The first-order chi connectivity index (χ1) is 10.8. The molecule has 0 saturated heterocycles. The van der Waals surface area contributed by atoms with Gasteiger partial charge in [0, 0.05) is 0 Å². The number of aliphatic hydroxyl groups is 1. The standard InChI is InChI=1S/C16H17N3O3S/c1-10-3-6-13(7-4-10)23(21,22)19-12-5-8-14-15(9-12)18-16(17-14)11(2)20/h3-9,11,19-20H,1-2H3,(H,17,18). The normalized spacial score (nSPS) is 13.2. The number of fused-ring (bicyclic) bond motifs is 1. The highest BCUT2D eigenvalue weighted by atomic mass is 32.2. The first-order valence-electron chi connectivity index (χ1n) is 7.12. The first kappa shape index (κ1) is 15.5. The summed E-state index contributed by atoms with van der Waals surface area (Å²) in [7, 11) is -3.64. The fourth-order valence-electron chi connectivity index (χ4n) is 2.22. The summed E-state index contributed by atoms with van der Waals surface area (Å²) in [4.78, 5) is 7.41. The summed E-state index contributed by atoms with van der Waals surface area (Å²) in [6.45, 7) is 3.51. The van der Waals surface area contributed by atoms with Crippen molar-refractivity contribution >= 4 is 26.7 Å². The SMILES string of the molecule is Cc1ccc(S(=O)(=O)Nc2ccc3nc(C(C)O)[nH]c3c2)cc1. The third kappa shape index (κ3) is 3.20. The minimum atomic E-state index is -3.64. The number of anilines is 1. The molecule has 0 aliphatic heterocycles. The predicted molar refractivity (Wildman–Crippen MR) is 88.7 cm³/mol. The molecular formula is C16H17N3O3S. The van der Waals surface area contributed by atoms with E-state index in [0.717, 1.165) is 5.56 Å². The lowest BCUT2D eigenvalue weighted by molar-refractivity contribution is 0.190. The van der Waals surface area contributed by atoms with E-state index in [1.165, 1.54) is 0 Å². The van der Waals surface area contributed by atoms with Crippen LogP contribution in [0.4, 0.5) is 5.69 Å². The second-order valence-electron chi connectivity index (χ2n) is 5.45. The Kier molecular flexibility index (Phi) is 3.83. The van der Waals surface area contributed by atoms with E-state index in [1.807, 2.05) is 6.92 Å². The molecule has 0 radical (unpaired) electrons. The van der Waals surface area contributed by atoms with Crippen LogP contribution in [-0.4, -0.2) is 23.5 Å². The zero-order valence-corrected chi connectivity index (χ0v) is 13.6. The number of aromatic nitrogens is 2. The summed E-state index contributed by atoms with van der Waals surface area (Å²) in [5, 5.41) is 9.55. The van der Waals surface area contributed by atoms with Crippen LogP contribution in [0.15, 0.2) is 47.4 Å². The van der Waals surface area contributed by atoms with E-state index in [2.05, 4.69) is 14.7 Å². The van der Waals surface area contributed by atoms with Crippen LogP contribution in [0.3, 0.4) is 0 Å². The summed E-state index contributed by atoms with van der Waals surface area (Å²) < 4.78 is 27.3. The summed E-state index contributed by atoms with van der Waals surface area (Å²) in [5.41, 5.74) is 2.75. The molecule has 0 aliphatic carbocycles. The van der Waals surface area contributed by atoms with Crippen LogP contribution in [-0.2, 0) is 10.0 Å². The van der Waals surface area contributed by atoms with Crippen LogP contribution in [0.25, 0.3) is 11.0 Å². The molecule has 0 fully saturated rings. The van der Waals surface area contributed by atoms with E-state index in [4.69, 9.17) is 0 Å². The monoisotopic (exact) mass is 331 g/mol. The number of hydrogen-bond donors (Lipinski definition) is 3. The van der Waals surface area contributed by atoms with Gasteiger partial charge in [-0.1, -0.05) is 17.7 Å². The molecule has 2 aromatic carbocycles. The third-order valence-electron chi connectivity index (χ3n) is 3.48. The van der Waals surface area contributed by atoms with E-state index in [1.54, 1.807) is 49.4 Å². The van der Waals surface area contributed by atoms with Crippen molar-refractivity contribution in [1.29, 1.82) is 0 Å². The fourth-order valence-corrected chi connectivity index (χ4v) is 3.27. The average Bonchev–Trinajstić information content (AvgIpc) is 2.90. The number of nitrogens with zero attached hydrogens (tertiary/aromatic N) is 1. The fraction of sp³-hybridized carbons (Fsp3) is 0.188. The van der Waals surface area contributed by atoms with Gasteiger partial charge in [0.1, 0.15) is 11.9 Å². The van der Waals surface area contributed by atoms with E-state index in [9.17, 15) is 13.5 Å². The molecular weight excluding hydrogens is 314 g/mol. The van der Waals surface area contributed by atoms with Gasteiger partial charge in [-0.15, -0.1) is 0 Å². The number of aryl methyl sites for hydroxylation is 1. The number of H-pyrrole nitrogens is 1. The highest BCUT2D eigenvalue weighted by Gasteiger charge is 2.15. The Hall–Kier alpha value is -2.38. The van der Waals surface area contributed by atoms with Gasteiger partial charge in [-0.25, -0.2) is 13.4 Å². The molecule has 7 heteroatoms. The molecule has 0 spiro atoms. The molecule has 3 rings (SSSR count). The molecule has 1 unspecified atom stereocenters. The van der Waals surface area contributed by atoms with E-state index in [-0.39, 0.29) is 4.90 Å². The molecule has 0 aliphatic rings. The van der Waals surface area contributed by atoms with Crippen molar-refractivity contribution in [2.45, 2.75) is 24.8 Å². The van der Waals surface area contributed by atoms with Crippen molar-refractivity contribution in [3.8, 4) is 0 Å². The Morgan fingerprint density at radius 2 is 1.87 bits per heavy atom. The molecule has 1 aromatic heterocycles. The lowest BCUT2D eigenvalue weighted by Gasteiger charge is -2.08. The van der Waals surface area contributed by atoms with Gasteiger partial charge in [0.25, 0.3) is 10.0 Å². The van der Waals surface area contributed by atoms with Crippen LogP contribution < -0.4 is 4.72 Å². The summed E-state index contributed by atoms with van der Waals surface area (Å²) in [6, 6.07) is 11.6. The Bertz CT molecular complexity index is 944. The summed E-state index contributed by atoms with van der Waals surface area (Å²) in [5.74, 6) is 0.443. The van der Waals surface area contributed by atoms with Crippen molar-refractivity contribution in [2.75, 3.05) is 4.72 Å². The Morgan fingerprint density at radius 1 is 1.17 bits per heavy atom. The molecule has 23 heavy (non-hydrogen) atoms. The lowest BCUT2D eigenvalue weighted by atomic mass is 10.2. The molecule has 0 bridgehead atoms. The van der Waals surface area contributed by atoms with Gasteiger partial charge in [0.05, 0.1) is 21.6 Å². The van der Waals surface area contributed by atoms with Gasteiger partial charge >= 0.3 is 0 Å². The quantitative estimate of drug-likeness (QED) is 0.685. The van der Waals surface area contributed by atoms with Gasteiger partial charge in [-0.3, -0.25) is 4.72 Å². The predicted octanol–water partition coefficient (Wildman–Crippen LogP) is 2.73.